The first kappa shape index (κ1) is 24.2. The number of aliphatic imine (C=N–C) groups is 1. The van der Waals surface area contributed by atoms with Gasteiger partial charge in [-0.1, -0.05) is 19.3 Å². The van der Waals surface area contributed by atoms with Crippen molar-refractivity contribution in [2.75, 3.05) is 27.2 Å². The molecule has 1 saturated carbocycles. The molecular weight excluding hydrogens is 451 g/mol. The zero-order chi connectivity index (χ0) is 19.1. The van der Waals surface area contributed by atoms with Gasteiger partial charge in [-0.05, 0) is 53.6 Å². The van der Waals surface area contributed by atoms with E-state index in [1.165, 1.54) is 43.4 Å². The smallest absolute Gasteiger partial charge is 0.191 e. The summed E-state index contributed by atoms with van der Waals surface area (Å²) in [5.41, 5.74) is 3.48. The lowest BCUT2D eigenvalue weighted by Crippen LogP contribution is -2.48. The molecule has 0 saturated heterocycles. The van der Waals surface area contributed by atoms with Crippen LogP contribution in [0.5, 0.6) is 0 Å². The molecule has 2 rings (SSSR count). The van der Waals surface area contributed by atoms with Crippen molar-refractivity contribution >= 4 is 29.9 Å². The van der Waals surface area contributed by atoms with E-state index < -0.39 is 0 Å². The van der Waals surface area contributed by atoms with Crippen LogP contribution in [-0.4, -0.2) is 53.9 Å². The van der Waals surface area contributed by atoms with Crippen molar-refractivity contribution in [3.63, 3.8) is 0 Å². The second-order valence-electron chi connectivity index (χ2n) is 7.78. The summed E-state index contributed by atoms with van der Waals surface area (Å²) in [5, 5.41) is 11.5. The average molecular weight is 490 g/mol. The molecule has 0 aliphatic heterocycles. The van der Waals surface area contributed by atoms with E-state index in [1.54, 1.807) is 0 Å². The maximum atomic E-state index is 4.82. The third kappa shape index (κ3) is 6.93. The van der Waals surface area contributed by atoms with Crippen molar-refractivity contribution in [3.8, 4) is 0 Å². The maximum Gasteiger partial charge on any atom is 0.191 e. The van der Waals surface area contributed by atoms with Gasteiger partial charge in [-0.2, -0.15) is 5.10 Å². The number of hydrogen-bond donors (Lipinski definition) is 2. The summed E-state index contributed by atoms with van der Waals surface area (Å²) >= 11 is 0. The molecule has 0 spiro atoms. The van der Waals surface area contributed by atoms with Crippen molar-refractivity contribution in [1.82, 2.24) is 25.3 Å². The number of guanidine groups is 1. The number of hydrogen-bond acceptors (Lipinski definition) is 3. The molecule has 2 N–H and O–H groups in total. The highest BCUT2D eigenvalue weighted by atomic mass is 127. The average Bonchev–Trinajstić information content (AvgIpc) is 2.85. The third-order valence-electron chi connectivity index (χ3n) is 5.73. The number of nitrogens with zero attached hydrogens (tertiary/aromatic N) is 4. The van der Waals surface area contributed by atoms with Crippen molar-refractivity contribution in [1.29, 1.82) is 0 Å². The van der Waals surface area contributed by atoms with Crippen LogP contribution in [0.1, 0.15) is 56.0 Å². The Morgan fingerprint density at radius 1 is 1.22 bits per heavy atom. The van der Waals surface area contributed by atoms with Crippen molar-refractivity contribution in [2.24, 2.45) is 18.0 Å². The van der Waals surface area contributed by atoms with E-state index in [0.29, 0.717) is 12.6 Å². The Hall–Kier alpha value is -0.830. The molecule has 0 radical (unpaired) electrons. The fourth-order valence-electron chi connectivity index (χ4n) is 4.04. The van der Waals surface area contributed by atoms with Gasteiger partial charge in [-0.15, -0.1) is 24.0 Å². The van der Waals surface area contributed by atoms with Crippen LogP contribution in [0, 0.1) is 19.8 Å². The number of likely N-dealkylation sites (N-methyl/N-ethyl adjacent to an activating group) is 1. The van der Waals surface area contributed by atoms with Crippen LogP contribution in [0.4, 0.5) is 0 Å². The van der Waals surface area contributed by atoms with E-state index in [2.05, 4.69) is 55.5 Å². The Bertz CT molecular complexity index is 590. The largest absolute Gasteiger partial charge is 0.357 e. The van der Waals surface area contributed by atoms with E-state index in [0.717, 1.165) is 30.7 Å². The molecule has 7 heteroatoms. The monoisotopic (exact) mass is 490 g/mol. The molecule has 1 aromatic heterocycles. The zero-order valence-electron chi connectivity index (χ0n) is 18.0. The predicted molar refractivity (Wildman–Crippen MR) is 125 cm³/mol. The number of nitrogens with one attached hydrogen (secondary N) is 2. The summed E-state index contributed by atoms with van der Waals surface area (Å²) in [7, 11) is 6.39. The minimum atomic E-state index is 0. The van der Waals surface area contributed by atoms with Gasteiger partial charge < -0.3 is 15.5 Å². The molecular formula is C20H39IN6. The number of aryl methyl sites for hydroxylation is 2. The highest BCUT2D eigenvalue weighted by Crippen LogP contribution is 2.28. The molecule has 1 unspecified atom stereocenters. The van der Waals surface area contributed by atoms with Crippen LogP contribution in [-0.2, 0) is 13.6 Å². The van der Waals surface area contributed by atoms with Gasteiger partial charge >= 0.3 is 0 Å². The Kier molecular flexibility index (Phi) is 10.7. The minimum absolute atomic E-state index is 0. The fraction of sp³-hybridized carbons (Fsp3) is 0.800. The molecule has 1 aliphatic rings. The van der Waals surface area contributed by atoms with E-state index in [9.17, 15) is 0 Å². The molecule has 1 fully saturated rings. The molecule has 0 bridgehead atoms. The second-order valence-corrected chi connectivity index (χ2v) is 7.78. The predicted octanol–water partition coefficient (Wildman–Crippen LogP) is 3.22. The quantitative estimate of drug-likeness (QED) is 0.350. The lowest BCUT2D eigenvalue weighted by atomic mass is 9.83. The normalized spacial score (nSPS) is 16.9. The Morgan fingerprint density at radius 3 is 2.41 bits per heavy atom. The second kappa shape index (κ2) is 11.9. The minimum Gasteiger partial charge on any atom is -0.357 e. The van der Waals surface area contributed by atoms with E-state index in [-0.39, 0.29) is 24.0 Å². The van der Waals surface area contributed by atoms with Crippen molar-refractivity contribution in [3.05, 3.63) is 17.0 Å². The van der Waals surface area contributed by atoms with Gasteiger partial charge in [0.15, 0.2) is 5.96 Å². The highest BCUT2D eigenvalue weighted by Gasteiger charge is 2.25. The standard InChI is InChI=1S/C20H38N6.HI/c1-7-21-20(22-13-18-15(2)24-26(6)16(18)3)23-14-19(25(4)5)17-11-9-8-10-12-17;/h17,19H,7-14H2,1-6H3,(H2,21,22,23);1H. The Balaban J connectivity index is 0.00000364. The van der Waals surface area contributed by atoms with Gasteiger partial charge in [-0.25, -0.2) is 4.99 Å². The van der Waals surface area contributed by atoms with Crippen LogP contribution in [0.2, 0.25) is 0 Å². The summed E-state index contributed by atoms with van der Waals surface area (Å²) in [5.74, 6) is 1.69. The third-order valence-corrected chi connectivity index (χ3v) is 5.73. The molecule has 1 atom stereocenters. The SMILES string of the molecule is CCNC(=NCc1c(C)nn(C)c1C)NCC(C1CCCCC1)N(C)C.I. The zero-order valence-corrected chi connectivity index (χ0v) is 20.3. The van der Waals surface area contributed by atoms with Gasteiger partial charge in [-0.3, -0.25) is 4.68 Å². The molecule has 1 heterocycles. The first-order chi connectivity index (χ1) is 12.4. The summed E-state index contributed by atoms with van der Waals surface area (Å²) in [6.45, 7) is 8.75. The molecule has 0 aromatic carbocycles. The first-order valence-electron chi connectivity index (χ1n) is 10.1. The van der Waals surface area contributed by atoms with E-state index in [4.69, 9.17) is 4.99 Å². The Morgan fingerprint density at radius 2 is 1.89 bits per heavy atom. The van der Waals surface area contributed by atoms with Gasteiger partial charge in [0.1, 0.15) is 0 Å². The van der Waals surface area contributed by atoms with Gasteiger partial charge in [0.2, 0.25) is 0 Å². The molecule has 156 valence electrons. The van der Waals surface area contributed by atoms with E-state index in [1.807, 2.05) is 11.7 Å². The summed E-state index contributed by atoms with van der Waals surface area (Å²) < 4.78 is 1.94. The van der Waals surface area contributed by atoms with Crippen LogP contribution >= 0.6 is 24.0 Å². The van der Waals surface area contributed by atoms with Crippen LogP contribution in [0.15, 0.2) is 4.99 Å². The molecule has 0 amide bonds. The van der Waals surface area contributed by atoms with Crippen LogP contribution in [0.25, 0.3) is 0 Å². The van der Waals surface area contributed by atoms with Gasteiger partial charge in [0, 0.05) is 37.4 Å². The topological polar surface area (TPSA) is 57.5 Å². The number of rotatable bonds is 7. The molecule has 27 heavy (non-hydrogen) atoms. The van der Waals surface area contributed by atoms with E-state index >= 15 is 0 Å². The summed E-state index contributed by atoms with van der Waals surface area (Å²) in [4.78, 5) is 7.19. The maximum absolute atomic E-state index is 4.82. The molecule has 1 aliphatic carbocycles. The lowest BCUT2D eigenvalue weighted by Gasteiger charge is -2.35. The number of halogens is 1. The van der Waals surface area contributed by atoms with Crippen molar-refractivity contribution < 1.29 is 0 Å². The highest BCUT2D eigenvalue weighted by molar-refractivity contribution is 14.0. The van der Waals surface area contributed by atoms with Crippen LogP contribution in [0.3, 0.4) is 0 Å². The van der Waals surface area contributed by atoms with Crippen molar-refractivity contribution in [2.45, 2.75) is 65.5 Å². The van der Waals surface area contributed by atoms with Crippen LogP contribution < -0.4 is 10.6 Å². The fourth-order valence-corrected chi connectivity index (χ4v) is 4.04. The lowest BCUT2D eigenvalue weighted by molar-refractivity contribution is 0.171. The van der Waals surface area contributed by atoms with Gasteiger partial charge in [0.05, 0.1) is 12.2 Å². The first-order valence-corrected chi connectivity index (χ1v) is 10.1. The van der Waals surface area contributed by atoms with Gasteiger partial charge in [0.25, 0.3) is 0 Å². The summed E-state index contributed by atoms with van der Waals surface area (Å²) in [6.07, 6.45) is 6.86. The molecule has 1 aromatic rings. The Labute approximate surface area is 182 Å². The summed E-state index contributed by atoms with van der Waals surface area (Å²) in [6, 6.07) is 0.557. The molecule has 6 nitrogen and oxygen atoms in total. The number of aromatic nitrogens is 2.